The zero-order chi connectivity index (χ0) is 11.1. The van der Waals surface area contributed by atoms with Crippen LogP contribution in [0.1, 0.15) is 25.3 Å². The monoisotopic (exact) mass is 201 g/mol. The molecule has 0 aliphatic heterocycles. The number of amides is 1. The summed E-state index contributed by atoms with van der Waals surface area (Å²) < 4.78 is 0. The van der Waals surface area contributed by atoms with Gasteiger partial charge in [0, 0.05) is 18.5 Å². The van der Waals surface area contributed by atoms with Crippen LogP contribution < -0.4 is 5.32 Å². The van der Waals surface area contributed by atoms with Crippen molar-refractivity contribution in [1.82, 2.24) is 0 Å². The van der Waals surface area contributed by atoms with Crippen molar-refractivity contribution < 1.29 is 4.79 Å². The van der Waals surface area contributed by atoms with Crippen molar-refractivity contribution in [2.75, 3.05) is 5.32 Å². The van der Waals surface area contributed by atoms with Gasteiger partial charge < -0.3 is 5.32 Å². The fourth-order valence-corrected chi connectivity index (χ4v) is 1.16. The van der Waals surface area contributed by atoms with Crippen LogP contribution in [0.5, 0.6) is 0 Å². The lowest BCUT2D eigenvalue weighted by Gasteiger charge is -2.03. The van der Waals surface area contributed by atoms with E-state index in [-0.39, 0.29) is 5.91 Å². The average molecular weight is 201 g/mol. The molecular formula is C13H15NO. The van der Waals surface area contributed by atoms with Crippen molar-refractivity contribution >= 4 is 11.6 Å². The zero-order valence-corrected chi connectivity index (χ0v) is 9.13. The summed E-state index contributed by atoms with van der Waals surface area (Å²) >= 11 is 0. The Labute approximate surface area is 90.7 Å². The van der Waals surface area contributed by atoms with Gasteiger partial charge in [0.1, 0.15) is 0 Å². The highest BCUT2D eigenvalue weighted by atomic mass is 16.1. The smallest absolute Gasteiger partial charge is 0.225 e. The van der Waals surface area contributed by atoms with Crippen LogP contribution in [0.15, 0.2) is 24.3 Å². The highest BCUT2D eigenvalue weighted by Crippen LogP contribution is 2.08. The average Bonchev–Trinajstić information content (AvgIpc) is 2.22. The summed E-state index contributed by atoms with van der Waals surface area (Å²) in [5.74, 6) is 5.64. The molecule has 0 unspecified atom stereocenters. The third-order valence-electron chi connectivity index (χ3n) is 1.99. The molecule has 0 radical (unpaired) electrons. The van der Waals surface area contributed by atoms with Gasteiger partial charge in [-0.25, -0.2) is 0 Å². The molecule has 1 rings (SSSR count). The molecule has 1 N–H and O–H groups in total. The van der Waals surface area contributed by atoms with E-state index >= 15 is 0 Å². The van der Waals surface area contributed by atoms with Crippen molar-refractivity contribution in [2.24, 2.45) is 0 Å². The van der Waals surface area contributed by atoms with E-state index in [1.807, 2.05) is 31.2 Å². The summed E-state index contributed by atoms with van der Waals surface area (Å²) in [5.41, 5.74) is 2.03. The topological polar surface area (TPSA) is 29.1 Å². The van der Waals surface area contributed by atoms with Gasteiger partial charge in [-0.1, -0.05) is 17.7 Å². The minimum Gasteiger partial charge on any atom is -0.326 e. The molecule has 1 aromatic rings. The van der Waals surface area contributed by atoms with Crippen LogP contribution >= 0.6 is 0 Å². The number of carbonyl (C=O) groups is 1. The van der Waals surface area contributed by atoms with E-state index in [1.54, 1.807) is 6.92 Å². The van der Waals surface area contributed by atoms with Gasteiger partial charge in [0.15, 0.2) is 0 Å². The molecule has 15 heavy (non-hydrogen) atoms. The van der Waals surface area contributed by atoms with E-state index in [0.717, 1.165) is 5.69 Å². The summed E-state index contributed by atoms with van der Waals surface area (Å²) in [6, 6.07) is 7.75. The van der Waals surface area contributed by atoms with E-state index in [9.17, 15) is 4.79 Å². The van der Waals surface area contributed by atoms with E-state index in [1.165, 1.54) is 5.56 Å². The van der Waals surface area contributed by atoms with Crippen molar-refractivity contribution in [3.05, 3.63) is 29.8 Å². The van der Waals surface area contributed by atoms with Crippen LogP contribution in [0.4, 0.5) is 5.69 Å². The second-order valence-corrected chi connectivity index (χ2v) is 3.34. The maximum Gasteiger partial charge on any atom is 0.225 e. The van der Waals surface area contributed by atoms with Crippen LogP contribution in [0, 0.1) is 18.8 Å². The fraction of sp³-hybridized carbons (Fsp3) is 0.308. The molecule has 0 saturated carbocycles. The van der Waals surface area contributed by atoms with Gasteiger partial charge in [0.05, 0.1) is 0 Å². The molecule has 0 aliphatic rings. The summed E-state index contributed by atoms with van der Waals surface area (Å²) in [4.78, 5) is 11.4. The predicted octanol–water partition coefficient (Wildman–Crippen LogP) is 2.74. The molecular weight excluding hydrogens is 186 g/mol. The maximum absolute atomic E-state index is 11.4. The Morgan fingerprint density at radius 1 is 1.33 bits per heavy atom. The van der Waals surface area contributed by atoms with Crippen LogP contribution in [0.3, 0.4) is 0 Å². The summed E-state index contributed by atoms with van der Waals surface area (Å²) in [7, 11) is 0. The number of hydrogen-bond acceptors (Lipinski definition) is 1. The summed E-state index contributed by atoms with van der Waals surface area (Å²) in [6.07, 6.45) is 1.07. The Balaban J connectivity index is 2.43. The third kappa shape index (κ3) is 4.33. The first kappa shape index (κ1) is 11.3. The number of anilines is 1. The Hall–Kier alpha value is -1.75. The normalized spacial score (nSPS) is 8.93. The molecule has 0 aliphatic carbocycles. The Morgan fingerprint density at radius 3 is 2.60 bits per heavy atom. The van der Waals surface area contributed by atoms with Crippen molar-refractivity contribution in [2.45, 2.75) is 26.7 Å². The van der Waals surface area contributed by atoms with Crippen molar-refractivity contribution in [1.29, 1.82) is 0 Å². The molecule has 1 amide bonds. The van der Waals surface area contributed by atoms with E-state index in [0.29, 0.717) is 12.8 Å². The highest BCUT2D eigenvalue weighted by molar-refractivity contribution is 5.90. The maximum atomic E-state index is 11.4. The van der Waals surface area contributed by atoms with E-state index < -0.39 is 0 Å². The molecule has 2 heteroatoms. The molecule has 0 bridgehead atoms. The number of aryl methyl sites for hydroxylation is 1. The number of rotatable bonds is 3. The first-order valence-electron chi connectivity index (χ1n) is 4.98. The lowest BCUT2D eigenvalue weighted by molar-refractivity contribution is -0.116. The van der Waals surface area contributed by atoms with E-state index in [2.05, 4.69) is 17.2 Å². The minimum absolute atomic E-state index is 0.0154. The first-order valence-corrected chi connectivity index (χ1v) is 4.98. The van der Waals surface area contributed by atoms with Gasteiger partial charge >= 0.3 is 0 Å². The summed E-state index contributed by atoms with van der Waals surface area (Å²) in [5, 5.41) is 2.82. The van der Waals surface area contributed by atoms with E-state index in [4.69, 9.17) is 0 Å². The molecule has 0 saturated heterocycles. The molecule has 0 spiro atoms. The van der Waals surface area contributed by atoms with Gasteiger partial charge in [-0.15, -0.1) is 11.8 Å². The van der Waals surface area contributed by atoms with Crippen LogP contribution in [-0.4, -0.2) is 5.91 Å². The number of carbonyl (C=O) groups excluding carboxylic acids is 1. The Bertz CT molecular complexity index is 381. The summed E-state index contributed by atoms with van der Waals surface area (Å²) in [6.45, 7) is 3.79. The molecule has 0 aromatic heterocycles. The lowest BCUT2D eigenvalue weighted by atomic mass is 10.2. The molecule has 78 valence electrons. The second-order valence-electron chi connectivity index (χ2n) is 3.34. The molecule has 0 heterocycles. The third-order valence-corrected chi connectivity index (χ3v) is 1.99. The number of benzene rings is 1. The standard InChI is InChI=1S/C13H15NO/c1-3-4-5-6-13(15)14-12-9-7-11(2)8-10-12/h7-10H,5-6H2,1-2H3,(H,14,15). The number of nitrogens with one attached hydrogen (secondary N) is 1. The molecule has 2 nitrogen and oxygen atoms in total. The highest BCUT2D eigenvalue weighted by Gasteiger charge is 1.99. The van der Waals surface area contributed by atoms with Gasteiger partial charge in [0.25, 0.3) is 0 Å². The predicted molar refractivity (Wildman–Crippen MR) is 62.5 cm³/mol. The van der Waals surface area contributed by atoms with Crippen LogP contribution in [0.2, 0.25) is 0 Å². The SMILES string of the molecule is CC#CCCC(=O)Nc1ccc(C)cc1. The molecule has 1 aromatic carbocycles. The Kier molecular flexibility index (Phi) is 4.43. The Morgan fingerprint density at radius 2 is 2.00 bits per heavy atom. The molecule has 0 atom stereocenters. The second kappa shape index (κ2) is 5.87. The van der Waals surface area contributed by atoms with Gasteiger partial charge in [-0.05, 0) is 26.0 Å². The van der Waals surface area contributed by atoms with Gasteiger partial charge in [-0.3, -0.25) is 4.79 Å². The number of hydrogen-bond donors (Lipinski definition) is 1. The van der Waals surface area contributed by atoms with Gasteiger partial charge in [0.2, 0.25) is 5.91 Å². The lowest BCUT2D eigenvalue weighted by Crippen LogP contribution is -2.10. The van der Waals surface area contributed by atoms with Gasteiger partial charge in [-0.2, -0.15) is 0 Å². The van der Waals surface area contributed by atoms with Crippen LogP contribution in [0.25, 0.3) is 0 Å². The largest absolute Gasteiger partial charge is 0.326 e. The molecule has 0 fully saturated rings. The minimum atomic E-state index is 0.0154. The quantitative estimate of drug-likeness (QED) is 0.748. The fourth-order valence-electron chi connectivity index (χ4n) is 1.16. The first-order chi connectivity index (χ1) is 7.22. The van der Waals surface area contributed by atoms with Crippen LogP contribution in [-0.2, 0) is 4.79 Å². The zero-order valence-electron chi connectivity index (χ0n) is 9.13. The van der Waals surface area contributed by atoms with Crippen molar-refractivity contribution in [3.63, 3.8) is 0 Å². The van der Waals surface area contributed by atoms with Crippen molar-refractivity contribution in [3.8, 4) is 11.8 Å².